The molecule has 128 valence electrons. The molecule has 2 saturated heterocycles. The minimum atomic E-state index is -0.615. The average molecular weight is 345 g/mol. The first-order valence-electron chi connectivity index (χ1n) is 8.70. The number of thiazole rings is 1. The number of anilines is 1. The second kappa shape index (κ2) is 6.33. The number of hydrogen-bond donors (Lipinski definition) is 0. The zero-order chi connectivity index (χ0) is 16.6. The number of ether oxygens (including phenoxy) is 1. The van der Waals surface area contributed by atoms with E-state index in [1.54, 1.807) is 11.3 Å². The van der Waals surface area contributed by atoms with Gasteiger partial charge in [0.15, 0.2) is 5.13 Å². The standard InChI is InChI=1S/C18H23N3O2S/c1-18(8-4-5-13-23-18)16(22)20-9-11-21(12-10-20)17-19-14-6-2-3-7-15(14)24-17/h2-3,6-7H,4-5,8-13H2,1H3/t18-/m0/s1. The lowest BCUT2D eigenvalue weighted by molar-refractivity contribution is -0.162. The molecule has 0 radical (unpaired) electrons. The summed E-state index contributed by atoms with van der Waals surface area (Å²) in [4.78, 5) is 21.8. The summed E-state index contributed by atoms with van der Waals surface area (Å²) in [6.45, 7) is 5.81. The van der Waals surface area contributed by atoms with E-state index >= 15 is 0 Å². The van der Waals surface area contributed by atoms with Crippen LogP contribution in [0.4, 0.5) is 5.13 Å². The molecule has 6 heteroatoms. The number of nitrogens with zero attached hydrogens (tertiary/aromatic N) is 3. The number of rotatable bonds is 2. The fourth-order valence-corrected chi connectivity index (χ4v) is 4.55. The molecule has 3 heterocycles. The second-order valence-corrected chi connectivity index (χ2v) is 7.79. The second-order valence-electron chi connectivity index (χ2n) is 6.78. The lowest BCUT2D eigenvalue weighted by Gasteiger charge is -2.41. The highest BCUT2D eigenvalue weighted by Gasteiger charge is 2.40. The van der Waals surface area contributed by atoms with Gasteiger partial charge in [-0.2, -0.15) is 0 Å². The molecule has 2 aliphatic heterocycles. The summed E-state index contributed by atoms with van der Waals surface area (Å²) in [5.74, 6) is 0.158. The SMILES string of the molecule is C[C@@]1(C(=O)N2CCN(c3nc4ccccc4s3)CC2)CCCCO1. The van der Waals surface area contributed by atoms with Crippen LogP contribution in [0.5, 0.6) is 0 Å². The molecule has 1 atom stereocenters. The number of amides is 1. The van der Waals surface area contributed by atoms with Gasteiger partial charge in [0.2, 0.25) is 0 Å². The molecule has 0 spiro atoms. The summed E-state index contributed by atoms with van der Waals surface area (Å²) in [5.41, 5.74) is 0.440. The Hall–Kier alpha value is -1.66. The maximum absolute atomic E-state index is 12.8. The van der Waals surface area contributed by atoms with E-state index < -0.39 is 5.60 Å². The van der Waals surface area contributed by atoms with Gasteiger partial charge in [0.1, 0.15) is 5.60 Å². The Bertz CT molecular complexity index is 698. The molecule has 0 aliphatic carbocycles. The molecule has 0 unspecified atom stereocenters. The Kier molecular flexibility index (Phi) is 4.18. The van der Waals surface area contributed by atoms with Crippen LogP contribution in [0, 0.1) is 0 Å². The summed E-state index contributed by atoms with van der Waals surface area (Å²) in [6, 6.07) is 8.23. The maximum Gasteiger partial charge on any atom is 0.254 e. The zero-order valence-electron chi connectivity index (χ0n) is 14.0. The summed E-state index contributed by atoms with van der Waals surface area (Å²) in [7, 11) is 0. The van der Waals surface area contributed by atoms with Crippen molar-refractivity contribution in [2.24, 2.45) is 0 Å². The molecule has 2 aromatic rings. The molecule has 24 heavy (non-hydrogen) atoms. The monoisotopic (exact) mass is 345 g/mol. The van der Waals surface area contributed by atoms with Crippen molar-refractivity contribution < 1.29 is 9.53 Å². The number of benzene rings is 1. The van der Waals surface area contributed by atoms with Crippen LogP contribution in [-0.4, -0.2) is 54.2 Å². The summed E-state index contributed by atoms with van der Waals surface area (Å²) < 4.78 is 7.03. The van der Waals surface area contributed by atoms with Gasteiger partial charge >= 0.3 is 0 Å². The number of carbonyl (C=O) groups excluding carboxylic acids is 1. The van der Waals surface area contributed by atoms with E-state index in [-0.39, 0.29) is 5.91 Å². The summed E-state index contributed by atoms with van der Waals surface area (Å²) >= 11 is 1.73. The van der Waals surface area contributed by atoms with E-state index in [4.69, 9.17) is 9.72 Å². The van der Waals surface area contributed by atoms with Crippen molar-refractivity contribution in [3.8, 4) is 0 Å². The average Bonchev–Trinajstić information content (AvgIpc) is 3.06. The van der Waals surface area contributed by atoms with Gasteiger partial charge in [-0.1, -0.05) is 23.5 Å². The molecular weight excluding hydrogens is 322 g/mol. The third kappa shape index (κ3) is 2.89. The van der Waals surface area contributed by atoms with Crippen molar-refractivity contribution in [2.75, 3.05) is 37.7 Å². The van der Waals surface area contributed by atoms with E-state index in [2.05, 4.69) is 17.0 Å². The van der Waals surface area contributed by atoms with Gasteiger partial charge in [-0.25, -0.2) is 4.98 Å². The largest absolute Gasteiger partial charge is 0.365 e. The number of carbonyl (C=O) groups is 1. The van der Waals surface area contributed by atoms with Gasteiger partial charge in [0, 0.05) is 32.8 Å². The summed E-state index contributed by atoms with van der Waals surface area (Å²) in [5, 5.41) is 1.06. The molecule has 0 saturated carbocycles. The quantitative estimate of drug-likeness (QED) is 0.840. The van der Waals surface area contributed by atoms with Crippen LogP contribution < -0.4 is 4.90 Å². The van der Waals surface area contributed by atoms with Crippen LogP contribution in [-0.2, 0) is 9.53 Å². The van der Waals surface area contributed by atoms with Crippen LogP contribution in [0.2, 0.25) is 0 Å². The van der Waals surface area contributed by atoms with Gasteiger partial charge in [-0.05, 0) is 38.3 Å². The van der Waals surface area contributed by atoms with Crippen molar-refractivity contribution in [3.05, 3.63) is 24.3 Å². The fourth-order valence-electron chi connectivity index (χ4n) is 3.53. The first kappa shape index (κ1) is 15.8. The molecule has 2 fully saturated rings. The van der Waals surface area contributed by atoms with Crippen LogP contribution in [0.15, 0.2) is 24.3 Å². The molecule has 0 bridgehead atoms. The van der Waals surface area contributed by atoms with Crippen molar-refractivity contribution in [2.45, 2.75) is 31.8 Å². The lowest BCUT2D eigenvalue weighted by Crippen LogP contribution is -2.56. The third-order valence-corrected chi connectivity index (χ3v) is 6.14. The third-order valence-electron chi connectivity index (χ3n) is 5.04. The minimum Gasteiger partial charge on any atom is -0.365 e. The van der Waals surface area contributed by atoms with Crippen LogP contribution >= 0.6 is 11.3 Å². The first-order chi connectivity index (χ1) is 11.7. The highest BCUT2D eigenvalue weighted by molar-refractivity contribution is 7.22. The normalized spacial score (nSPS) is 25.2. The van der Waals surface area contributed by atoms with E-state index in [0.717, 1.165) is 56.1 Å². The Morgan fingerprint density at radius 3 is 2.71 bits per heavy atom. The van der Waals surface area contributed by atoms with E-state index in [1.165, 1.54) is 4.70 Å². The Balaban J connectivity index is 1.42. The van der Waals surface area contributed by atoms with Gasteiger partial charge in [0.25, 0.3) is 5.91 Å². The van der Waals surface area contributed by atoms with Crippen LogP contribution in [0.1, 0.15) is 26.2 Å². The Morgan fingerprint density at radius 2 is 2.00 bits per heavy atom. The molecule has 1 aromatic heterocycles. The van der Waals surface area contributed by atoms with Crippen LogP contribution in [0.25, 0.3) is 10.2 Å². The fraction of sp³-hybridized carbons (Fsp3) is 0.556. The van der Waals surface area contributed by atoms with E-state index in [0.29, 0.717) is 6.61 Å². The molecule has 0 N–H and O–H groups in total. The molecule has 5 nitrogen and oxygen atoms in total. The molecule has 1 aromatic carbocycles. The van der Waals surface area contributed by atoms with Crippen molar-refractivity contribution in [3.63, 3.8) is 0 Å². The van der Waals surface area contributed by atoms with Gasteiger partial charge < -0.3 is 14.5 Å². The van der Waals surface area contributed by atoms with Crippen LogP contribution in [0.3, 0.4) is 0 Å². The van der Waals surface area contributed by atoms with E-state index in [1.807, 2.05) is 24.0 Å². The maximum atomic E-state index is 12.8. The molecule has 1 amide bonds. The van der Waals surface area contributed by atoms with Crippen molar-refractivity contribution in [1.82, 2.24) is 9.88 Å². The molecular formula is C18H23N3O2S. The van der Waals surface area contributed by atoms with Crippen molar-refractivity contribution >= 4 is 32.6 Å². The van der Waals surface area contributed by atoms with Gasteiger partial charge in [-0.15, -0.1) is 0 Å². The molecule has 4 rings (SSSR count). The highest BCUT2D eigenvalue weighted by Crippen LogP contribution is 2.30. The Morgan fingerprint density at radius 1 is 1.21 bits per heavy atom. The summed E-state index contributed by atoms with van der Waals surface area (Å²) in [6.07, 6.45) is 2.98. The predicted molar refractivity (Wildman–Crippen MR) is 96.6 cm³/mol. The first-order valence-corrected chi connectivity index (χ1v) is 9.51. The number of para-hydroxylation sites is 1. The molecule has 2 aliphatic rings. The lowest BCUT2D eigenvalue weighted by atomic mass is 9.94. The highest BCUT2D eigenvalue weighted by atomic mass is 32.1. The Labute approximate surface area is 146 Å². The number of aromatic nitrogens is 1. The zero-order valence-corrected chi connectivity index (χ0v) is 14.8. The van der Waals surface area contributed by atoms with Gasteiger partial charge in [0.05, 0.1) is 10.2 Å². The smallest absolute Gasteiger partial charge is 0.254 e. The minimum absolute atomic E-state index is 0.158. The number of hydrogen-bond acceptors (Lipinski definition) is 5. The van der Waals surface area contributed by atoms with E-state index in [9.17, 15) is 4.79 Å². The number of fused-ring (bicyclic) bond motifs is 1. The van der Waals surface area contributed by atoms with Gasteiger partial charge in [-0.3, -0.25) is 4.79 Å². The topological polar surface area (TPSA) is 45.7 Å². The predicted octanol–water partition coefficient (Wildman–Crippen LogP) is 2.90. The number of piperazine rings is 1. The van der Waals surface area contributed by atoms with Crippen molar-refractivity contribution in [1.29, 1.82) is 0 Å².